The van der Waals surface area contributed by atoms with Gasteiger partial charge in [-0.1, -0.05) is 40.5 Å². The van der Waals surface area contributed by atoms with E-state index in [0.717, 1.165) is 12.8 Å². The highest BCUT2D eigenvalue weighted by molar-refractivity contribution is 5.75. The molecule has 13 heavy (non-hydrogen) atoms. The Morgan fingerprint density at radius 3 is 2.38 bits per heavy atom. The van der Waals surface area contributed by atoms with Crippen LogP contribution < -0.4 is 0 Å². The second kappa shape index (κ2) is 3.32. The minimum atomic E-state index is -0.613. The molecule has 1 aliphatic rings. The Morgan fingerprint density at radius 2 is 2.08 bits per heavy atom. The van der Waals surface area contributed by atoms with Crippen molar-refractivity contribution in [3.63, 3.8) is 0 Å². The first-order valence-electron chi connectivity index (χ1n) is 5.15. The molecule has 1 N–H and O–H groups in total. The van der Waals surface area contributed by atoms with E-state index in [1.807, 2.05) is 0 Å². The Kier molecular flexibility index (Phi) is 2.69. The number of hydrogen-bond donors (Lipinski definition) is 1. The molecule has 0 aromatic rings. The summed E-state index contributed by atoms with van der Waals surface area (Å²) in [6.07, 6.45) is 2.30. The summed E-state index contributed by atoms with van der Waals surface area (Å²) in [6, 6.07) is 0. The molecule has 2 nitrogen and oxygen atoms in total. The van der Waals surface area contributed by atoms with Gasteiger partial charge < -0.3 is 5.11 Å². The zero-order valence-corrected chi connectivity index (χ0v) is 9.00. The van der Waals surface area contributed by atoms with Gasteiger partial charge in [-0.3, -0.25) is 4.79 Å². The Bertz CT molecular complexity index is 208. The smallest absolute Gasteiger partial charge is 0.307 e. The lowest BCUT2D eigenvalue weighted by Gasteiger charge is -2.10. The molecule has 0 bridgehead atoms. The zero-order chi connectivity index (χ0) is 10.2. The minimum Gasteiger partial charge on any atom is -0.481 e. The van der Waals surface area contributed by atoms with Gasteiger partial charge in [0, 0.05) is 0 Å². The average molecular weight is 184 g/mol. The predicted molar refractivity (Wildman–Crippen MR) is 52.5 cm³/mol. The van der Waals surface area contributed by atoms with Crippen LogP contribution in [-0.2, 0) is 4.79 Å². The molecule has 1 saturated carbocycles. The fraction of sp³-hybridized carbons (Fsp3) is 0.909. The molecule has 76 valence electrons. The number of carboxylic acids is 1. The van der Waals surface area contributed by atoms with E-state index < -0.39 is 5.97 Å². The van der Waals surface area contributed by atoms with E-state index >= 15 is 0 Å². The number of aliphatic carboxylic acids is 1. The monoisotopic (exact) mass is 184 g/mol. The highest BCUT2D eigenvalue weighted by atomic mass is 16.4. The lowest BCUT2D eigenvalue weighted by molar-refractivity contribution is -0.139. The Labute approximate surface area is 80.3 Å². The lowest BCUT2D eigenvalue weighted by Crippen LogP contribution is -2.05. The minimum absolute atomic E-state index is 0.0282. The summed E-state index contributed by atoms with van der Waals surface area (Å²) in [4.78, 5) is 10.9. The van der Waals surface area contributed by atoms with Crippen molar-refractivity contribution in [2.24, 2.45) is 23.2 Å². The van der Waals surface area contributed by atoms with Crippen molar-refractivity contribution in [1.29, 1.82) is 0 Å². The van der Waals surface area contributed by atoms with Crippen LogP contribution in [-0.4, -0.2) is 11.1 Å². The first-order chi connectivity index (χ1) is 5.92. The van der Waals surface area contributed by atoms with E-state index in [1.165, 1.54) is 0 Å². The summed E-state index contributed by atoms with van der Waals surface area (Å²) in [5, 5.41) is 8.98. The standard InChI is InChI=1S/C11H20O2/c1-5-6-7(2)8-9(10(12)13)11(8,3)4/h7-9H,5-6H2,1-4H3,(H,12,13)/t7?,8-,9+/m1/s1. The first kappa shape index (κ1) is 10.6. The third kappa shape index (κ3) is 1.72. The van der Waals surface area contributed by atoms with Gasteiger partial charge in [-0.15, -0.1) is 0 Å². The van der Waals surface area contributed by atoms with Crippen LogP contribution in [0.15, 0.2) is 0 Å². The Balaban J connectivity index is 2.59. The summed E-state index contributed by atoms with van der Waals surface area (Å²) in [7, 11) is 0. The van der Waals surface area contributed by atoms with E-state index in [4.69, 9.17) is 5.11 Å². The maximum atomic E-state index is 10.9. The largest absolute Gasteiger partial charge is 0.481 e. The third-order valence-electron chi connectivity index (χ3n) is 3.53. The van der Waals surface area contributed by atoms with Crippen LogP contribution >= 0.6 is 0 Å². The predicted octanol–water partition coefficient (Wildman–Crippen LogP) is 2.78. The van der Waals surface area contributed by atoms with Crippen molar-refractivity contribution in [2.45, 2.75) is 40.5 Å². The molecular weight excluding hydrogens is 164 g/mol. The lowest BCUT2D eigenvalue weighted by atomic mass is 9.95. The highest BCUT2D eigenvalue weighted by Crippen LogP contribution is 2.62. The Hall–Kier alpha value is -0.530. The van der Waals surface area contributed by atoms with Gasteiger partial charge in [0.2, 0.25) is 0 Å². The highest BCUT2D eigenvalue weighted by Gasteiger charge is 2.63. The number of rotatable bonds is 4. The van der Waals surface area contributed by atoms with Crippen molar-refractivity contribution in [1.82, 2.24) is 0 Å². The molecule has 0 aromatic heterocycles. The van der Waals surface area contributed by atoms with E-state index in [2.05, 4.69) is 27.7 Å². The molecule has 1 rings (SSSR count). The van der Waals surface area contributed by atoms with Gasteiger partial charge in [0.1, 0.15) is 0 Å². The molecule has 3 atom stereocenters. The van der Waals surface area contributed by atoms with Crippen LogP contribution in [0.25, 0.3) is 0 Å². The summed E-state index contributed by atoms with van der Waals surface area (Å²) in [5.74, 6) is 0.234. The van der Waals surface area contributed by atoms with Gasteiger partial charge in [-0.05, 0) is 17.3 Å². The summed E-state index contributed by atoms with van der Waals surface area (Å²) in [6.45, 7) is 8.48. The van der Waals surface area contributed by atoms with Crippen molar-refractivity contribution < 1.29 is 9.90 Å². The van der Waals surface area contributed by atoms with Crippen LogP contribution in [0, 0.1) is 23.2 Å². The SMILES string of the molecule is CCCC(C)[C@@H]1[C@@H](C(=O)O)C1(C)C. The van der Waals surface area contributed by atoms with Gasteiger partial charge in [0.25, 0.3) is 0 Å². The van der Waals surface area contributed by atoms with Crippen LogP contribution in [0.4, 0.5) is 0 Å². The summed E-state index contributed by atoms with van der Waals surface area (Å²) < 4.78 is 0. The first-order valence-corrected chi connectivity index (χ1v) is 5.15. The molecule has 0 aliphatic heterocycles. The molecule has 0 aromatic carbocycles. The maximum Gasteiger partial charge on any atom is 0.307 e. The van der Waals surface area contributed by atoms with Crippen LogP contribution in [0.1, 0.15) is 40.5 Å². The molecule has 0 heterocycles. The molecule has 0 amide bonds. The average Bonchev–Trinajstić information content (AvgIpc) is 2.54. The van der Waals surface area contributed by atoms with Crippen molar-refractivity contribution in [2.75, 3.05) is 0 Å². The number of hydrogen-bond acceptors (Lipinski definition) is 1. The second-order valence-corrected chi connectivity index (χ2v) is 4.93. The van der Waals surface area contributed by atoms with Gasteiger partial charge in [0.05, 0.1) is 5.92 Å². The number of carboxylic acid groups (broad SMARTS) is 1. The van der Waals surface area contributed by atoms with Crippen LogP contribution in [0.2, 0.25) is 0 Å². The van der Waals surface area contributed by atoms with Crippen molar-refractivity contribution in [3.05, 3.63) is 0 Å². The van der Waals surface area contributed by atoms with Crippen LogP contribution in [0.3, 0.4) is 0 Å². The topological polar surface area (TPSA) is 37.3 Å². The van der Waals surface area contributed by atoms with Crippen molar-refractivity contribution >= 4 is 5.97 Å². The molecule has 0 radical (unpaired) electrons. The van der Waals surface area contributed by atoms with Gasteiger partial charge in [0.15, 0.2) is 0 Å². The van der Waals surface area contributed by atoms with E-state index in [-0.39, 0.29) is 11.3 Å². The van der Waals surface area contributed by atoms with E-state index in [9.17, 15) is 4.79 Å². The maximum absolute atomic E-state index is 10.9. The molecule has 0 saturated heterocycles. The summed E-state index contributed by atoms with van der Waals surface area (Å²) >= 11 is 0. The zero-order valence-electron chi connectivity index (χ0n) is 9.00. The van der Waals surface area contributed by atoms with Gasteiger partial charge in [-0.25, -0.2) is 0 Å². The van der Waals surface area contributed by atoms with Crippen LogP contribution in [0.5, 0.6) is 0 Å². The second-order valence-electron chi connectivity index (χ2n) is 4.93. The Morgan fingerprint density at radius 1 is 1.54 bits per heavy atom. The van der Waals surface area contributed by atoms with Gasteiger partial charge in [-0.2, -0.15) is 0 Å². The molecule has 0 spiro atoms. The normalized spacial score (nSPS) is 32.6. The molecule has 1 aliphatic carbocycles. The molecule has 2 heteroatoms. The summed E-state index contributed by atoms with van der Waals surface area (Å²) in [5.41, 5.74) is 0.0282. The van der Waals surface area contributed by atoms with Gasteiger partial charge >= 0.3 is 5.97 Å². The quantitative estimate of drug-likeness (QED) is 0.729. The fourth-order valence-corrected chi connectivity index (χ4v) is 2.85. The third-order valence-corrected chi connectivity index (χ3v) is 3.53. The molecular formula is C11H20O2. The van der Waals surface area contributed by atoms with E-state index in [0.29, 0.717) is 11.8 Å². The van der Waals surface area contributed by atoms with E-state index in [1.54, 1.807) is 0 Å². The fourth-order valence-electron chi connectivity index (χ4n) is 2.85. The number of carbonyl (C=O) groups is 1. The molecule has 1 unspecified atom stereocenters. The molecule has 1 fully saturated rings. The van der Waals surface area contributed by atoms with Crippen molar-refractivity contribution in [3.8, 4) is 0 Å².